The first-order chi connectivity index (χ1) is 11.4. The van der Waals surface area contributed by atoms with Gasteiger partial charge in [-0.05, 0) is 26.0 Å². The second-order valence-corrected chi connectivity index (χ2v) is 6.04. The summed E-state index contributed by atoms with van der Waals surface area (Å²) >= 11 is 1.35. The first-order valence-corrected chi connectivity index (χ1v) is 8.24. The molecular formula is C15H20N6O2S. The Morgan fingerprint density at radius 1 is 1.38 bits per heavy atom. The number of hydroxylamine groups is 1. The van der Waals surface area contributed by atoms with E-state index in [-0.39, 0.29) is 18.0 Å². The Hall–Kier alpha value is -2.52. The molecule has 2 aromatic heterocycles. The molecule has 0 spiro atoms. The molecule has 8 nitrogen and oxygen atoms in total. The highest BCUT2D eigenvalue weighted by atomic mass is 32.1. The zero-order chi connectivity index (χ0) is 17.5. The standard InChI is InChI=1S/C15H20N6O2S/c1-9(2)23-21-14(16)20-15-19-13(8-24-15)12-6-4-5-11(18-12)7-17-10(3)22/h4-6,8-9H,7H2,1-3H3,(H,17,22)(H3,16,19,20,21). The van der Waals surface area contributed by atoms with Crippen molar-refractivity contribution in [2.24, 2.45) is 10.7 Å². The quantitative estimate of drug-likeness (QED) is 0.416. The molecule has 128 valence electrons. The molecule has 0 saturated carbocycles. The second kappa shape index (κ2) is 8.37. The number of nitrogens with zero attached hydrogens (tertiary/aromatic N) is 3. The number of carbonyl (C=O) groups excluding carboxylic acids is 1. The van der Waals surface area contributed by atoms with Crippen LogP contribution in [0.2, 0.25) is 0 Å². The zero-order valence-corrected chi connectivity index (χ0v) is 14.6. The fourth-order valence-corrected chi connectivity index (χ4v) is 2.37. The molecule has 0 radical (unpaired) electrons. The van der Waals surface area contributed by atoms with Crippen LogP contribution in [0.25, 0.3) is 11.4 Å². The van der Waals surface area contributed by atoms with E-state index in [9.17, 15) is 4.79 Å². The van der Waals surface area contributed by atoms with Crippen LogP contribution < -0.4 is 16.5 Å². The number of thiazole rings is 1. The molecule has 0 aromatic carbocycles. The molecule has 4 N–H and O–H groups in total. The summed E-state index contributed by atoms with van der Waals surface area (Å²) in [7, 11) is 0. The summed E-state index contributed by atoms with van der Waals surface area (Å²) in [6.07, 6.45) is -0.0128. The monoisotopic (exact) mass is 348 g/mol. The Labute approximate surface area is 144 Å². The van der Waals surface area contributed by atoms with Crippen LogP contribution in [0.15, 0.2) is 28.6 Å². The Balaban J connectivity index is 2.08. The summed E-state index contributed by atoms with van der Waals surface area (Å²) in [5, 5.41) is 5.06. The lowest BCUT2D eigenvalue weighted by atomic mass is 10.2. The Bertz CT molecular complexity index is 728. The molecular weight excluding hydrogens is 328 g/mol. The molecule has 0 aliphatic rings. The van der Waals surface area contributed by atoms with Crippen LogP contribution in [-0.4, -0.2) is 27.9 Å². The van der Waals surface area contributed by atoms with E-state index in [1.165, 1.54) is 18.3 Å². The molecule has 2 rings (SSSR count). The number of nitrogens with two attached hydrogens (primary N) is 1. The van der Waals surface area contributed by atoms with E-state index in [0.717, 1.165) is 5.69 Å². The van der Waals surface area contributed by atoms with Gasteiger partial charge < -0.3 is 11.1 Å². The van der Waals surface area contributed by atoms with Gasteiger partial charge in [0, 0.05) is 12.3 Å². The molecule has 9 heteroatoms. The van der Waals surface area contributed by atoms with E-state index in [0.29, 0.717) is 23.1 Å². The van der Waals surface area contributed by atoms with Crippen molar-refractivity contribution >= 4 is 28.3 Å². The number of amides is 1. The number of hydrogen-bond acceptors (Lipinski definition) is 6. The third-order valence-electron chi connectivity index (χ3n) is 2.70. The van der Waals surface area contributed by atoms with E-state index < -0.39 is 0 Å². The third kappa shape index (κ3) is 5.60. The van der Waals surface area contributed by atoms with E-state index in [1.807, 2.05) is 37.4 Å². The van der Waals surface area contributed by atoms with Gasteiger partial charge in [0.25, 0.3) is 0 Å². The van der Waals surface area contributed by atoms with Gasteiger partial charge >= 0.3 is 0 Å². The summed E-state index contributed by atoms with van der Waals surface area (Å²) < 4.78 is 0. The van der Waals surface area contributed by atoms with E-state index in [4.69, 9.17) is 10.6 Å². The van der Waals surface area contributed by atoms with Gasteiger partial charge in [-0.15, -0.1) is 11.3 Å². The molecule has 0 bridgehead atoms. The lowest BCUT2D eigenvalue weighted by molar-refractivity contribution is -0.119. The fourth-order valence-electron chi connectivity index (χ4n) is 1.67. The average Bonchev–Trinajstić information content (AvgIpc) is 3.00. The fraction of sp³-hybridized carbons (Fsp3) is 0.333. The van der Waals surface area contributed by atoms with Crippen LogP contribution >= 0.6 is 11.3 Å². The first-order valence-electron chi connectivity index (χ1n) is 7.36. The number of aromatic nitrogens is 2. The Morgan fingerprint density at radius 3 is 2.88 bits per heavy atom. The summed E-state index contributed by atoms with van der Waals surface area (Å²) in [4.78, 5) is 29.1. The number of carbonyl (C=O) groups is 1. The largest absolute Gasteiger partial charge is 0.368 e. The number of nitrogens with one attached hydrogen (secondary N) is 2. The minimum Gasteiger partial charge on any atom is -0.368 e. The van der Waals surface area contributed by atoms with Crippen molar-refractivity contribution in [2.45, 2.75) is 33.4 Å². The normalized spacial score (nSPS) is 11.6. The van der Waals surface area contributed by atoms with Gasteiger partial charge in [0.15, 0.2) is 0 Å². The number of aliphatic imine (C=N–C) groups is 1. The molecule has 0 saturated heterocycles. The van der Waals surface area contributed by atoms with E-state index in [2.05, 4.69) is 25.8 Å². The highest BCUT2D eigenvalue weighted by molar-refractivity contribution is 7.13. The molecule has 0 aliphatic heterocycles. The van der Waals surface area contributed by atoms with Gasteiger partial charge in [-0.1, -0.05) is 6.07 Å². The summed E-state index contributed by atoms with van der Waals surface area (Å²) in [5.41, 5.74) is 10.4. The van der Waals surface area contributed by atoms with Crippen LogP contribution in [0.4, 0.5) is 5.13 Å². The lowest BCUT2D eigenvalue weighted by Gasteiger charge is -2.07. The van der Waals surface area contributed by atoms with Crippen molar-refractivity contribution in [3.05, 3.63) is 29.3 Å². The molecule has 1 amide bonds. The maximum absolute atomic E-state index is 11.0. The highest BCUT2D eigenvalue weighted by Crippen LogP contribution is 2.25. The van der Waals surface area contributed by atoms with Gasteiger partial charge in [-0.2, -0.15) is 4.99 Å². The maximum Gasteiger partial charge on any atom is 0.220 e. The molecule has 2 aromatic rings. The van der Waals surface area contributed by atoms with Crippen LogP contribution in [0.5, 0.6) is 0 Å². The van der Waals surface area contributed by atoms with Crippen LogP contribution in [0, 0.1) is 0 Å². The van der Waals surface area contributed by atoms with Gasteiger partial charge in [0.2, 0.25) is 17.0 Å². The number of hydrogen-bond donors (Lipinski definition) is 3. The van der Waals surface area contributed by atoms with Gasteiger partial charge in [-0.25, -0.2) is 15.4 Å². The smallest absolute Gasteiger partial charge is 0.220 e. The Morgan fingerprint density at radius 2 is 2.17 bits per heavy atom. The van der Waals surface area contributed by atoms with Crippen LogP contribution in [-0.2, 0) is 16.2 Å². The Kier molecular flexibility index (Phi) is 6.21. The van der Waals surface area contributed by atoms with Gasteiger partial charge in [0.1, 0.15) is 5.69 Å². The average molecular weight is 348 g/mol. The number of rotatable bonds is 6. The lowest BCUT2D eigenvalue weighted by Crippen LogP contribution is -2.33. The first kappa shape index (κ1) is 17.8. The topological polar surface area (TPSA) is 115 Å². The van der Waals surface area contributed by atoms with E-state index in [1.54, 1.807) is 0 Å². The van der Waals surface area contributed by atoms with Gasteiger partial charge in [-0.3, -0.25) is 9.63 Å². The van der Waals surface area contributed by atoms with Crippen molar-refractivity contribution in [3.63, 3.8) is 0 Å². The minimum absolute atomic E-state index is 0.0128. The molecule has 24 heavy (non-hydrogen) atoms. The van der Waals surface area contributed by atoms with Crippen molar-refractivity contribution in [1.29, 1.82) is 0 Å². The molecule has 0 unspecified atom stereocenters. The number of guanidine groups is 1. The molecule has 0 fully saturated rings. The van der Waals surface area contributed by atoms with Crippen molar-refractivity contribution in [3.8, 4) is 11.4 Å². The predicted octanol–water partition coefficient (Wildman–Crippen LogP) is 1.72. The summed E-state index contributed by atoms with van der Waals surface area (Å²) in [5.74, 6) is 0.0380. The molecule has 0 aliphatic carbocycles. The SMILES string of the molecule is CC(=O)NCc1cccc(-c2csc(N=C(N)NOC(C)C)n2)n1. The third-order valence-corrected chi connectivity index (χ3v) is 3.43. The minimum atomic E-state index is -0.0981. The van der Waals surface area contributed by atoms with Gasteiger partial charge in [0.05, 0.1) is 24.0 Å². The van der Waals surface area contributed by atoms with Crippen molar-refractivity contribution in [1.82, 2.24) is 20.8 Å². The van der Waals surface area contributed by atoms with E-state index >= 15 is 0 Å². The predicted molar refractivity (Wildman–Crippen MR) is 93.5 cm³/mol. The molecule has 2 heterocycles. The highest BCUT2D eigenvalue weighted by Gasteiger charge is 2.07. The maximum atomic E-state index is 11.0. The molecule has 0 atom stereocenters. The second-order valence-electron chi connectivity index (χ2n) is 5.20. The van der Waals surface area contributed by atoms with Crippen molar-refractivity contribution < 1.29 is 9.63 Å². The van der Waals surface area contributed by atoms with Crippen molar-refractivity contribution in [2.75, 3.05) is 0 Å². The van der Waals surface area contributed by atoms with Crippen LogP contribution in [0.1, 0.15) is 26.5 Å². The summed E-state index contributed by atoms with van der Waals surface area (Å²) in [6.45, 7) is 5.60. The van der Waals surface area contributed by atoms with Crippen LogP contribution in [0.3, 0.4) is 0 Å². The zero-order valence-electron chi connectivity index (χ0n) is 13.7. The number of pyridine rings is 1. The summed E-state index contributed by atoms with van der Waals surface area (Å²) in [6, 6.07) is 5.56.